The van der Waals surface area contributed by atoms with Crippen LogP contribution in [0.5, 0.6) is 46.0 Å². The molecule has 9 atom stereocenters. The van der Waals surface area contributed by atoms with Gasteiger partial charge in [-0.05, 0) is 354 Å². The summed E-state index contributed by atoms with van der Waals surface area (Å²) in [4.78, 5) is 46.1. The van der Waals surface area contributed by atoms with Crippen LogP contribution >= 0.6 is 182 Å². The Balaban J connectivity index is 0.000000167. The van der Waals surface area contributed by atoms with Crippen LogP contribution in [-0.2, 0) is 46.5 Å². The van der Waals surface area contributed by atoms with Gasteiger partial charge in [-0.25, -0.2) is 9.59 Å². The Labute approximate surface area is 813 Å². The number of ketones is 1. The summed E-state index contributed by atoms with van der Waals surface area (Å²) in [5.74, 6) is 3.25. The van der Waals surface area contributed by atoms with Gasteiger partial charge in [-0.2, -0.15) is 0 Å². The van der Waals surface area contributed by atoms with E-state index in [9.17, 15) is 39.6 Å². The highest BCUT2D eigenvalue weighted by atomic mass is 127. The van der Waals surface area contributed by atoms with Crippen LogP contribution in [-0.4, -0.2) is 174 Å². The number of benzene rings is 9. The van der Waals surface area contributed by atoms with Crippen LogP contribution in [0.2, 0.25) is 39.3 Å². The smallest absolute Gasteiger partial charge is 0.336 e. The average molecular weight is 2500 g/mol. The number of esters is 1. The third-order valence-electron chi connectivity index (χ3n) is 18.7. The summed E-state index contributed by atoms with van der Waals surface area (Å²) in [5, 5.41) is 48.9. The molecular formula is C88H92Br5ClI4O22Si2. The zero-order chi connectivity index (χ0) is 88.9. The second-order valence-electron chi connectivity index (χ2n) is 29.9. The number of carbonyl (C=O) groups excluding carboxylic acids is 3. The summed E-state index contributed by atoms with van der Waals surface area (Å²) >= 11 is 31.0. The number of aromatic carboxylic acids is 1. The number of hydrogen-bond donors (Lipinski definition) is 5. The lowest BCUT2D eigenvalue weighted by Gasteiger charge is -2.47. The number of carboxylic acids is 1. The van der Waals surface area contributed by atoms with Crippen molar-refractivity contribution in [2.75, 3.05) is 66.6 Å². The van der Waals surface area contributed by atoms with Crippen LogP contribution in [0.4, 0.5) is 0 Å². The summed E-state index contributed by atoms with van der Waals surface area (Å²) in [6.07, 6.45) is -4.18. The SMILES string of the molecule is Brc1ccc(I)cc1Cc1ccc2c(c1)OCCO2.CC[C@H]1OC(=O)[C@H](O[Si](C)(C)C)[C@@H](C)[C@@H]1O[Si](C)(C)C.COC1(c2ccc(Br)c(Cc3ccc4c(c3)OCCO4)c2)O[C@H](CO)[C@@H](O)[C@H](O)[C@H]1O.O=C(Cl)c1cc(I)ccc1Br.O=C(O)c1cc(I)ccc1Br.O=C(c1ccc2c(c1)OCCO2)c1cc(I)ccc1Br.c1ccc2c(c1)OCCO2. The topological polar surface area (TPSA) is 289 Å². The number of cyclic esters (lactones) is 1. The summed E-state index contributed by atoms with van der Waals surface area (Å²) in [6.45, 7) is 21.0. The van der Waals surface area contributed by atoms with Crippen molar-refractivity contribution in [2.24, 2.45) is 5.92 Å². The quantitative estimate of drug-likeness (QED) is 0.0197. The highest BCUT2D eigenvalue weighted by Gasteiger charge is 2.55. The van der Waals surface area contributed by atoms with Crippen LogP contribution in [0.1, 0.15) is 84.7 Å². The fraction of sp³-hybridized carbons (Fsp3) is 0.341. The summed E-state index contributed by atoms with van der Waals surface area (Å²) in [7, 11) is -2.15. The van der Waals surface area contributed by atoms with Gasteiger partial charge in [0.25, 0.3) is 5.24 Å². The number of halogens is 10. The predicted octanol–water partition coefficient (Wildman–Crippen LogP) is 20.6. The summed E-state index contributed by atoms with van der Waals surface area (Å²) < 4.78 is 81.5. The van der Waals surface area contributed by atoms with Gasteiger partial charge in [0.2, 0.25) is 5.79 Å². The maximum absolute atomic E-state index is 12.6. The molecule has 122 heavy (non-hydrogen) atoms. The molecule has 0 aliphatic carbocycles. The molecule has 0 amide bonds. The monoisotopic (exact) mass is 2490 g/mol. The zero-order valence-corrected chi connectivity index (χ0v) is 87.0. The number of rotatable bonds is 16. The Morgan fingerprint density at radius 1 is 0.492 bits per heavy atom. The molecule has 6 aliphatic heterocycles. The molecule has 0 spiro atoms. The standard InChI is InChI=1S/C22H25BrO8.C15H10BrIO3.C15H12BrIO2.C14H30O4Si2.C8H8O2.C7H3BrClIO.C7H4BrIO2/c1-28-22(21(27)20(26)19(25)18(11-24)31-22)14-3-4-15(23)13(10-14)8-12-2-5-16-17(9-12)30-7-6-29-16;16-12-3-2-10(17)8-11(12)15(18)9-1-4-13-14(7-9)20-6-5-19-13;16-13-3-2-12(17)9-11(13)7-10-1-4-14-15(8-10)19-6-5-18-14;1-9-11-12(17-19(3,4)5)10(2)13(14(15)16-11)18-20(6,7)8;1-2-4-8-7(3-1)9-5-6-10-8;8-6-2-1-4(10)3-5(6)7(9)11;8-6-2-1-4(9)3-5(6)7(10)11/h2-5,9-10,18-21,24-27H,6-8,11H2,1H3;1-4,7-8H,5-6H2;1-4,8-9H,5-7H2;10-13H,9H2,1-8H3;1-4H,5-6H2;1-3H;1-3H,(H,10,11)/t18-,19-,20+,21-,22?;;;10-,11+,12-,13+;;;/m1..0.../s1. The van der Waals surface area contributed by atoms with Crippen molar-refractivity contribution >= 4 is 221 Å². The Morgan fingerprint density at radius 3 is 1.33 bits per heavy atom. The first-order valence-electron chi connectivity index (χ1n) is 38.4. The zero-order valence-electron chi connectivity index (χ0n) is 67.7. The number of aliphatic hydroxyl groups excluding tert-OH is 4. The molecule has 22 nitrogen and oxygen atoms in total. The van der Waals surface area contributed by atoms with E-state index in [-0.39, 0.29) is 29.9 Å². The normalized spacial score (nSPS) is 20.1. The second kappa shape index (κ2) is 47.6. The molecular weight excluding hydrogens is 2410 g/mol. The van der Waals surface area contributed by atoms with Gasteiger partial charge in [0.05, 0.1) is 18.3 Å². The van der Waals surface area contributed by atoms with E-state index in [4.69, 9.17) is 77.7 Å². The van der Waals surface area contributed by atoms with Crippen molar-refractivity contribution < 1.29 is 106 Å². The Bertz CT molecular complexity index is 5020. The van der Waals surface area contributed by atoms with Crippen molar-refractivity contribution in [1.82, 2.24) is 0 Å². The van der Waals surface area contributed by atoms with E-state index in [1.165, 1.54) is 21.8 Å². The molecule has 2 saturated heterocycles. The van der Waals surface area contributed by atoms with Crippen molar-refractivity contribution in [3.63, 3.8) is 0 Å². The third-order valence-corrected chi connectivity index (χ3v) is 27.1. The van der Waals surface area contributed by atoms with Gasteiger partial charge in [0, 0.05) is 71.9 Å². The molecule has 0 aromatic heterocycles. The predicted molar refractivity (Wildman–Crippen MR) is 522 cm³/mol. The van der Waals surface area contributed by atoms with Gasteiger partial charge in [-0.3, -0.25) is 9.59 Å². The highest BCUT2D eigenvalue weighted by molar-refractivity contribution is 14.1. The van der Waals surface area contributed by atoms with E-state index < -0.39 is 70.8 Å². The number of ether oxygens (including phenoxy) is 11. The number of fused-ring (bicyclic) bond motifs is 4. The first-order valence-corrected chi connectivity index (χ1v) is 53.9. The maximum Gasteiger partial charge on any atom is 0.336 e. The van der Waals surface area contributed by atoms with E-state index in [0.717, 1.165) is 75.6 Å². The molecule has 654 valence electrons. The molecule has 2 fully saturated rings. The lowest BCUT2D eigenvalue weighted by molar-refractivity contribution is -0.366. The maximum atomic E-state index is 12.6. The lowest BCUT2D eigenvalue weighted by Crippen LogP contribution is -2.64. The molecule has 9 aromatic carbocycles. The number of hydrogen-bond acceptors (Lipinski definition) is 21. The molecule has 34 heteroatoms. The van der Waals surface area contributed by atoms with E-state index in [0.29, 0.717) is 115 Å². The van der Waals surface area contributed by atoms with E-state index in [2.05, 4.69) is 247 Å². The van der Waals surface area contributed by atoms with Gasteiger partial charge in [-0.1, -0.05) is 92.0 Å². The third kappa shape index (κ3) is 28.9. The molecule has 15 rings (SSSR count). The van der Waals surface area contributed by atoms with Crippen LogP contribution in [0.15, 0.2) is 192 Å². The molecule has 0 radical (unpaired) electrons. The van der Waals surface area contributed by atoms with Gasteiger partial charge in [0.15, 0.2) is 68.4 Å². The van der Waals surface area contributed by atoms with Gasteiger partial charge in [-0.15, -0.1) is 0 Å². The Morgan fingerprint density at radius 2 is 0.893 bits per heavy atom. The van der Waals surface area contributed by atoms with E-state index >= 15 is 0 Å². The Hall–Kier alpha value is -4.62. The van der Waals surface area contributed by atoms with Gasteiger partial charge < -0.3 is 86.5 Å². The fourth-order valence-corrected chi connectivity index (χ4v) is 19.5. The van der Waals surface area contributed by atoms with Gasteiger partial charge in [0.1, 0.15) is 89.5 Å². The molecule has 0 bridgehead atoms. The number of carboxylic acid groups (broad SMARTS) is 1. The molecule has 9 aromatic rings. The van der Waals surface area contributed by atoms with Gasteiger partial charge >= 0.3 is 11.9 Å². The lowest BCUT2D eigenvalue weighted by atomic mass is 9.87. The molecule has 5 N–H and O–H groups in total. The number of carbonyl (C=O) groups is 4. The minimum Gasteiger partial charge on any atom is -0.486 e. The minimum absolute atomic E-state index is 0.0348. The van der Waals surface area contributed by atoms with Crippen molar-refractivity contribution in [3.8, 4) is 46.0 Å². The second-order valence-corrected chi connectivity index (χ2v) is 48.4. The number of aliphatic hydroxyl groups is 4. The summed E-state index contributed by atoms with van der Waals surface area (Å²) in [6, 6.07) is 52.9. The number of methoxy groups -OCH3 is 1. The van der Waals surface area contributed by atoms with Crippen LogP contribution in [0, 0.1) is 20.2 Å². The average Bonchev–Trinajstić information content (AvgIpc) is 0.747. The minimum atomic E-state index is -1.79. The summed E-state index contributed by atoms with van der Waals surface area (Å²) in [5.41, 5.74) is 6.88. The van der Waals surface area contributed by atoms with Crippen LogP contribution in [0.3, 0.4) is 0 Å². The molecule has 6 heterocycles. The molecule has 6 aliphatic rings. The fourth-order valence-electron chi connectivity index (χ4n) is 12.9. The Kier molecular flexibility index (Phi) is 39.5. The van der Waals surface area contributed by atoms with E-state index in [1.807, 2.05) is 85.8 Å². The largest absolute Gasteiger partial charge is 0.486 e. The van der Waals surface area contributed by atoms with Crippen LogP contribution < -0.4 is 37.9 Å². The van der Waals surface area contributed by atoms with Crippen molar-refractivity contribution in [3.05, 3.63) is 257 Å². The molecule has 1 unspecified atom stereocenters. The van der Waals surface area contributed by atoms with E-state index in [1.54, 1.807) is 60.7 Å². The van der Waals surface area contributed by atoms with Crippen molar-refractivity contribution in [2.45, 2.75) is 121 Å². The number of para-hydroxylation sites is 2. The highest BCUT2D eigenvalue weighted by Crippen LogP contribution is 2.43. The van der Waals surface area contributed by atoms with Crippen molar-refractivity contribution in [1.29, 1.82) is 0 Å². The van der Waals surface area contributed by atoms with Crippen LogP contribution in [0.25, 0.3) is 0 Å². The first kappa shape index (κ1) is 101. The first-order chi connectivity index (χ1) is 57.9. The molecule has 0 saturated carbocycles.